The average Bonchev–Trinajstić information content (AvgIpc) is 3.34. The molecule has 0 aliphatic carbocycles. The van der Waals surface area contributed by atoms with Gasteiger partial charge in [-0.15, -0.1) is 0 Å². The molecule has 4 rings (SSSR count). The maximum atomic E-state index is 13.8. The van der Waals surface area contributed by atoms with Crippen LogP contribution >= 0.6 is 0 Å². The lowest BCUT2D eigenvalue weighted by Crippen LogP contribution is -2.43. The molecule has 1 aromatic heterocycles. The van der Waals surface area contributed by atoms with Crippen molar-refractivity contribution >= 4 is 22.7 Å². The predicted molar refractivity (Wildman–Crippen MR) is 148 cm³/mol. The largest absolute Gasteiger partial charge is 0.496 e. The number of methoxy groups -OCH3 is 1. The molecule has 0 fully saturated rings. The van der Waals surface area contributed by atoms with Crippen molar-refractivity contribution in [2.24, 2.45) is 0 Å². The molecule has 0 unspecified atom stereocenters. The number of hydrogen-bond acceptors (Lipinski definition) is 3. The number of hydrogen-bond donors (Lipinski definition) is 1. The Labute approximate surface area is 218 Å². The second-order valence-electron chi connectivity index (χ2n) is 9.28. The van der Waals surface area contributed by atoms with Crippen LogP contribution in [0.25, 0.3) is 10.9 Å². The smallest absolute Gasteiger partial charge is 0.254 e. The van der Waals surface area contributed by atoms with E-state index in [2.05, 4.69) is 17.1 Å². The highest BCUT2D eigenvalue weighted by molar-refractivity contribution is 5.97. The molecule has 0 radical (unpaired) electrons. The summed E-state index contributed by atoms with van der Waals surface area (Å²) in [6, 6.07) is 23.5. The molecule has 0 saturated heterocycles. The fourth-order valence-corrected chi connectivity index (χ4v) is 4.69. The van der Waals surface area contributed by atoms with Crippen LogP contribution in [0.3, 0.4) is 0 Å². The number of aromatic nitrogens is 1. The summed E-state index contributed by atoms with van der Waals surface area (Å²) in [5.74, 6) is 0.553. The lowest BCUT2D eigenvalue weighted by Gasteiger charge is -2.28. The highest BCUT2D eigenvalue weighted by atomic mass is 16.5. The van der Waals surface area contributed by atoms with Crippen molar-refractivity contribution < 1.29 is 14.3 Å². The van der Waals surface area contributed by atoms with E-state index >= 15 is 0 Å². The van der Waals surface area contributed by atoms with Crippen LogP contribution in [0.4, 0.5) is 0 Å². The fraction of sp³-hybridized carbons (Fsp3) is 0.290. The van der Waals surface area contributed by atoms with E-state index in [-0.39, 0.29) is 18.4 Å². The molecule has 4 aromatic rings. The summed E-state index contributed by atoms with van der Waals surface area (Å²) in [5.41, 5.74) is 4.72. The number of benzene rings is 3. The van der Waals surface area contributed by atoms with Gasteiger partial charge < -0.3 is 19.5 Å². The van der Waals surface area contributed by atoms with E-state index in [0.717, 1.165) is 39.8 Å². The number of fused-ring (bicyclic) bond motifs is 1. The van der Waals surface area contributed by atoms with Crippen molar-refractivity contribution in [1.29, 1.82) is 0 Å². The molecule has 0 bridgehead atoms. The topological polar surface area (TPSA) is 65.6 Å². The lowest BCUT2D eigenvalue weighted by atomic mass is 10.1. The van der Waals surface area contributed by atoms with Crippen molar-refractivity contribution in [3.63, 3.8) is 0 Å². The van der Waals surface area contributed by atoms with E-state index < -0.39 is 0 Å². The first kappa shape index (κ1) is 26.0. The Bertz CT molecular complexity index is 1360. The third kappa shape index (κ3) is 6.20. The van der Waals surface area contributed by atoms with Crippen molar-refractivity contribution in [1.82, 2.24) is 14.8 Å². The summed E-state index contributed by atoms with van der Waals surface area (Å²) in [4.78, 5) is 34.0. The standard InChI is InChI=1S/C31H35N3O3/c1-4-18-34(31(36)26-13-7-5-11-23(26)2)22-30(35)33(21-25-12-6-10-16-29(25)37-3)19-17-24-20-32-28-15-9-8-14-27(24)28/h5-16,20,32H,4,17-19,21-22H2,1-3H3. The normalized spacial score (nSPS) is 10.9. The van der Waals surface area contributed by atoms with E-state index in [9.17, 15) is 9.59 Å². The van der Waals surface area contributed by atoms with Gasteiger partial charge in [-0.25, -0.2) is 0 Å². The number of aromatic amines is 1. The van der Waals surface area contributed by atoms with E-state index in [0.29, 0.717) is 31.6 Å². The highest BCUT2D eigenvalue weighted by Crippen LogP contribution is 2.22. The third-order valence-electron chi connectivity index (χ3n) is 6.71. The van der Waals surface area contributed by atoms with Crippen LogP contribution in [0, 0.1) is 6.92 Å². The van der Waals surface area contributed by atoms with Crippen molar-refractivity contribution in [3.05, 3.63) is 101 Å². The second-order valence-corrected chi connectivity index (χ2v) is 9.28. The minimum absolute atomic E-state index is 0.0318. The van der Waals surface area contributed by atoms with Crippen LogP contribution in [-0.4, -0.2) is 53.3 Å². The molecule has 192 valence electrons. The highest BCUT2D eigenvalue weighted by Gasteiger charge is 2.24. The van der Waals surface area contributed by atoms with Gasteiger partial charge in [-0.1, -0.05) is 61.5 Å². The minimum Gasteiger partial charge on any atom is -0.496 e. The SMILES string of the molecule is CCCN(CC(=O)N(CCc1c[nH]c2ccccc12)Cc1ccccc1OC)C(=O)c1ccccc1C. The maximum absolute atomic E-state index is 13.8. The van der Waals surface area contributed by atoms with Crippen LogP contribution in [0.2, 0.25) is 0 Å². The second kappa shape index (κ2) is 12.3. The summed E-state index contributed by atoms with van der Waals surface area (Å²) < 4.78 is 5.56. The van der Waals surface area contributed by atoms with E-state index in [4.69, 9.17) is 4.74 Å². The zero-order valence-electron chi connectivity index (χ0n) is 21.9. The van der Waals surface area contributed by atoms with Crippen LogP contribution in [0.1, 0.15) is 40.4 Å². The number of carbonyl (C=O) groups excluding carboxylic acids is 2. The Hall–Kier alpha value is -4.06. The summed E-state index contributed by atoms with van der Waals surface area (Å²) in [6.45, 7) is 5.43. The molecule has 0 spiro atoms. The Morgan fingerprint density at radius 1 is 0.865 bits per heavy atom. The number of ether oxygens (including phenoxy) is 1. The Balaban J connectivity index is 1.57. The van der Waals surface area contributed by atoms with Crippen molar-refractivity contribution in [2.45, 2.75) is 33.2 Å². The number of H-pyrrole nitrogens is 1. The zero-order chi connectivity index (χ0) is 26.2. The molecule has 1 heterocycles. The fourth-order valence-electron chi connectivity index (χ4n) is 4.69. The molecule has 3 aromatic carbocycles. The van der Waals surface area contributed by atoms with Gasteiger partial charge in [-0.05, 0) is 49.1 Å². The van der Waals surface area contributed by atoms with Gasteiger partial charge in [0.1, 0.15) is 12.3 Å². The number of amides is 2. The first-order chi connectivity index (χ1) is 18.0. The molecule has 37 heavy (non-hydrogen) atoms. The monoisotopic (exact) mass is 497 g/mol. The molecule has 0 aliphatic rings. The number of carbonyl (C=O) groups is 2. The molecule has 2 amide bonds. The first-order valence-corrected chi connectivity index (χ1v) is 12.8. The third-order valence-corrected chi connectivity index (χ3v) is 6.71. The van der Waals surface area contributed by atoms with E-state index in [1.807, 2.05) is 85.6 Å². The zero-order valence-corrected chi connectivity index (χ0v) is 21.9. The molecule has 1 N–H and O–H groups in total. The molecule has 6 nitrogen and oxygen atoms in total. The van der Waals surface area contributed by atoms with Gasteiger partial charge in [0.05, 0.1) is 7.11 Å². The van der Waals surface area contributed by atoms with Crippen LogP contribution < -0.4 is 4.74 Å². The molecule has 0 aliphatic heterocycles. The Morgan fingerprint density at radius 3 is 2.38 bits per heavy atom. The number of aryl methyl sites for hydroxylation is 1. The first-order valence-electron chi connectivity index (χ1n) is 12.8. The van der Waals surface area contributed by atoms with Crippen LogP contribution in [-0.2, 0) is 17.8 Å². The van der Waals surface area contributed by atoms with Crippen LogP contribution in [0.5, 0.6) is 5.75 Å². The number of rotatable bonds is 11. The van der Waals surface area contributed by atoms with Crippen molar-refractivity contribution in [3.8, 4) is 5.75 Å². The Kier molecular flexibility index (Phi) is 8.62. The Morgan fingerprint density at radius 2 is 1.59 bits per heavy atom. The minimum atomic E-state index is -0.109. The van der Waals surface area contributed by atoms with Gasteiger partial charge in [0.25, 0.3) is 5.91 Å². The van der Waals surface area contributed by atoms with E-state index in [1.165, 1.54) is 0 Å². The molecular formula is C31H35N3O3. The van der Waals surface area contributed by atoms with Crippen molar-refractivity contribution in [2.75, 3.05) is 26.7 Å². The van der Waals surface area contributed by atoms with Crippen LogP contribution in [0.15, 0.2) is 79.0 Å². The predicted octanol–water partition coefficient (Wildman–Crippen LogP) is 5.61. The molecule has 6 heteroatoms. The quantitative estimate of drug-likeness (QED) is 0.293. The molecule has 0 atom stereocenters. The number of para-hydroxylation sites is 2. The number of nitrogens with zero attached hydrogens (tertiary/aromatic N) is 2. The summed E-state index contributed by atoms with van der Waals surface area (Å²) in [7, 11) is 1.64. The average molecular weight is 498 g/mol. The van der Waals surface area contributed by atoms with Gasteiger partial charge in [0, 0.05) is 47.9 Å². The van der Waals surface area contributed by atoms with Gasteiger partial charge in [-0.2, -0.15) is 0 Å². The van der Waals surface area contributed by atoms with Gasteiger partial charge in [-0.3, -0.25) is 9.59 Å². The summed E-state index contributed by atoms with van der Waals surface area (Å²) >= 11 is 0. The molecule has 0 saturated carbocycles. The lowest BCUT2D eigenvalue weighted by molar-refractivity contribution is -0.132. The summed E-state index contributed by atoms with van der Waals surface area (Å²) in [5, 5.41) is 1.16. The summed E-state index contributed by atoms with van der Waals surface area (Å²) in [6.07, 6.45) is 3.48. The van der Waals surface area contributed by atoms with Gasteiger partial charge >= 0.3 is 0 Å². The van der Waals surface area contributed by atoms with Gasteiger partial charge in [0.15, 0.2) is 0 Å². The number of nitrogens with one attached hydrogen (secondary N) is 1. The molecular weight excluding hydrogens is 462 g/mol. The maximum Gasteiger partial charge on any atom is 0.254 e. The van der Waals surface area contributed by atoms with Gasteiger partial charge in [0.2, 0.25) is 5.91 Å². The van der Waals surface area contributed by atoms with E-state index in [1.54, 1.807) is 12.0 Å².